The van der Waals surface area contributed by atoms with Crippen LogP contribution >= 0.6 is 0 Å². The Morgan fingerprint density at radius 1 is 1.06 bits per heavy atom. The largest absolute Gasteiger partial charge is 0.350 e. The number of likely N-dealkylation sites (tertiary alicyclic amines) is 1. The van der Waals surface area contributed by atoms with Gasteiger partial charge in [0.05, 0.1) is 11.9 Å². The predicted molar refractivity (Wildman–Crippen MR) is 130 cm³/mol. The van der Waals surface area contributed by atoms with Crippen molar-refractivity contribution >= 4 is 21.6 Å². The first-order valence-electron chi connectivity index (χ1n) is 11.3. The highest BCUT2D eigenvalue weighted by Gasteiger charge is 2.31. The SMILES string of the molecule is CCC(C(=O)NCc1cccc(CN2CCCC2)c1)N(c1cc(C)cc(C)c1)S(C)(=O)=O. The lowest BCUT2D eigenvalue weighted by Gasteiger charge is -2.30. The van der Waals surface area contributed by atoms with E-state index in [2.05, 4.69) is 22.3 Å². The van der Waals surface area contributed by atoms with Crippen LogP contribution < -0.4 is 9.62 Å². The highest BCUT2D eigenvalue weighted by Crippen LogP contribution is 2.25. The number of hydrogen-bond acceptors (Lipinski definition) is 4. The number of benzene rings is 2. The van der Waals surface area contributed by atoms with E-state index in [-0.39, 0.29) is 5.91 Å². The summed E-state index contributed by atoms with van der Waals surface area (Å²) >= 11 is 0. The summed E-state index contributed by atoms with van der Waals surface area (Å²) in [6.07, 6.45) is 4.04. The maximum absolute atomic E-state index is 13.1. The Bertz CT molecular complexity index is 1030. The van der Waals surface area contributed by atoms with Crippen molar-refractivity contribution in [1.82, 2.24) is 10.2 Å². The summed E-state index contributed by atoms with van der Waals surface area (Å²) in [5, 5.41) is 2.96. The van der Waals surface area contributed by atoms with E-state index in [1.54, 1.807) is 0 Å². The van der Waals surface area contributed by atoms with Gasteiger partial charge in [0.2, 0.25) is 15.9 Å². The number of amides is 1. The molecule has 1 aliphatic heterocycles. The molecule has 1 aliphatic rings. The molecule has 32 heavy (non-hydrogen) atoms. The Morgan fingerprint density at radius 3 is 2.28 bits per heavy atom. The van der Waals surface area contributed by atoms with Crippen LogP contribution in [0.1, 0.15) is 48.4 Å². The van der Waals surface area contributed by atoms with E-state index < -0.39 is 16.1 Å². The number of nitrogens with one attached hydrogen (secondary N) is 1. The van der Waals surface area contributed by atoms with Crippen LogP contribution in [0.2, 0.25) is 0 Å². The fourth-order valence-corrected chi connectivity index (χ4v) is 5.68. The van der Waals surface area contributed by atoms with Crippen molar-refractivity contribution in [3.8, 4) is 0 Å². The van der Waals surface area contributed by atoms with Gasteiger partial charge in [0.25, 0.3) is 0 Å². The first-order valence-corrected chi connectivity index (χ1v) is 13.2. The van der Waals surface area contributed by atoms with E-state index in [0.29, 0.717) is 18.7 Å². The van der Waals surface area contributed by atoms with E-state index in [1.807, 2.05) is 51.1 Å². The summed E-state index contributed by atoms with van der Waals surface area (Å²) in [5.41, 5.74) is 4.69. The zero-order valence-electron chi connectivity index (χ0n) is 19.6. The van der Waals surface area contributed by atoms with Gasteiger partial charge in [0.1, 0.15) is 6.04 Å². The van der Waals surface area contributed by atoms with Crippen molar-refractivity contribution in [2.45, 2.75) is 59.2 Å². The standard InChI is InChI=1S/C25H35N3O3S/c1-5-24(28(32(4,30)31)23-14-19(2)13-20(3)15-23)25(29)26-17-21-9-8-10-22(16-21)18-27-11-6-7-12-27/h8-10,13-16,24H,5-7,11-12,17-18H2,1-4H3,(H,26,29). The van der Waals surface area contributed by atoms with Gasteiger partial charge in [-0.2, -0.15) is 0 Å². The maximum Gasteiger partial charge on any atom is 0.244 e. The molecule has 1 amide bonds. The molecule has 1 unspecified atom stereocenters. The predicted octanol–water partition coefficient (Wildman–Crippen LogP) is 3.76. The van der Waals surface area contributed by atoms with Crippen LogP contribution in [0.15, 0.2) is 42.5 Å². The van der Waals surface area contributed by atoms with E-state index >= 15 is 0 Å². The van der Waals surface area contributed by atoms with Crippen molar-refractivity contribution in [2.75, 3.05) is 23.7 Å². The molecule has 0 saturated carbocycles. The molecule has 2 aromatic rings. The molecule has 0 radical (unpaired) electrons. The molecule has 7 heteroatoms. The Morgan fingerprint density at radius 2 is 1.69 bits per heavy atom. The lowest BCUT2D eigenvalue weighted by molar-refractivity contribution is -0.122. The number of anilines is 1. The number of aryl methyl sites for hydroxylation is 2. The minimum Gasteiger partial charge on any atom is -0.350 e. The van der Waals surface area contributed by atoms with Crippen LogP contribution in [-0.4, -0.2) is 44.6 Å². The van der Waals surface area contributed by atoms with Gasteiger partial charge < -0.3 is 5.32 Å². The average Bonchev–Trinajstić information content (AvgIpc) is 3.21. The molecule has 0 aliphatic carbocycles. The summed E-state index contributed by atoms with van der Waals surface area (Å²) in [5.74, 6) is -0.290. The van der Waals surface area contributed by atoms with Crippen molar-refractivity contribution < 1.29 is 13.2 Å². The molecule has 1 fully saturated rings. The molecule has 6 nitrogen and oxygen atoms in total. The molecule has 1 atom stereocenters. The van der Waals surface area contributed by atoms with Gasteiger partial charge in [-0.25, -0.2) is 8.42 Å². The van der Waals surface area contributed by atoms with Crippen LogP contribution in [0.3, 0.4) is 0 Å². The van der Waals surface area contributed by atoms with Crippen LogP contribution in [0.5, 0.6) is 0 Å². The average molecular weight is 458 g/mol. The Labute approximate surface area is 192 Å². The van der Waals surface area contributed by atoms with E-state index in [9.17, 15) is 13.2 Å². The quantitative estimate of drug-likeness (QED) is 0.623. The molecular formula is C25H35N3O3S. The van der Waals surface area contributed by atoms with Crippen LogP contribution in [0.4, 0.5) is 5.69 Å². The monoisotopic (exact) mass is 457 g/mol. The highest BCUT2D eigenvalue weighted by atomic mass is 32.2. The topological polar surface area (TPSA) is 69.7 Å². The maximum atomic E-state index is 13.1. The number of carbonyl (C=O) groups excluding carboxylic acids is 1. The summed E-state index contributed by atoms with van der Waals surface area (Å²) in [6, 6.07) is 13.0. The molecule has 3 rings (SSSR count). The van der Waals surface area contributed by atoms with Crippen LogP contribution in [0, 0.1) is 13.8 Å². The van der Waals surface area contributed by atoms with Crippen molar-refractivity contribution in [3.05, 3.63) is 64.7 Å². The van der Waals surface area contributed by atoms with E-state index in [1.165, 1.54) is 22.7 Å². The molecular weight excluding hydrogens is 422 g/mol. The van der Waals surface area contributed by atoms with Gasteiger partial charge in [-0.15, -0.1) is 0 Å². The third-order valence-electron chi connectivity index (χ3n) is 5.85. The number of carbonyl (C=O) groups is 1. The number of hydrogen-bond donors (Lipinski definition) is 1. The first kappa shape index (κ1) is 24.3. The number of sulfonamides is 1. The second-order valence-corrected chi connectivity index (χ2v) is 10.7. The summed E-state index contributed by atoms with van der Waals surface area (Å²) < 4.78 is 26.6. The Hall–Kier alpha value is -2.38. The van der Waals surface area contributed by atoms with Gasteiger partial charge in [-0.1, -0.05) is 37.3 Å². The molecule has 1 heterocycles. The third kappa shape index (κ3) is 6.33. The zero-order chi connectivity index (χ0) is 23.3. The highest BCUT2D eigenvalue weighted by molar-refractivity contribution is 7.92. The van der Waals surface area contributed by atoms with E-state index in [0.717, 1.165) is 42.6 Å². The van der Waals surface area contributed by atoms with Gasteiger partial charge >= 0.3 is 0 Å². The second-order valence-electron chi connectivity index (χ2n) is 8.85. The fraction of sp³-hybridized carbons (Fsp3) is 0.480. The van der Waals surface area contributed by atoms with Gasteiger partial charge in [-0.3, -0.25) is 14.0 Å². The first-order chi connectivity index (χ1) is 15.2. The van der Waals surface area contributed by atoms with Crippen molar-refractivity contribution in [1.29, 1.82) is 0 Å². The molecule has 0 bridgehead atoms. The van der Waals surface area contributed by atoms with Crippen LogP contribution in [-0.2, 0) is 27.9 Å². The summed E-state index contributed by atoms with van der Waals surface area (Å²) in [6.45, 7) is 9.25. The minimum atomic E-state index is -3.64. The molecule has 1 saturated heterocycles. The van der Waals surface area contributed by atoms with Gasteiger partial charge in [0, 0.05) is 13.1 Å². The molecule has 0 aromatic heterocycles. The molecule has 1 N–H and O–H groups in total. The Kier molecular flexibility index (Phi) is 7.96. The zero-order valence-corrected chi connectivity index (χ0v) is 20.4. The van der Waals surface area contributed by atoms with Gasteiger partial charge in [0.15, 0.2) is 0 Å². The normalized spacial score (nSPS) is 15.5. The lowest BCUT2D eigenvalue weighted by Crippen LogP contribution is -2.49. The van der Waals surface area contributed by atoms with Crippen molar-refractivity contribution in [3.63, 3.8) is 0 Å². The number of nitrogens with zero attached hydrogens (tertiary/aromatic N) is 2. The van der Waals surface area contributed by atoms with Crippen molar-refractivity contribution in [2.24, 2.45) is 0 Å². The Balaban J connectivity index is 1.74. The lowest BCUT2D eigenvalue weighted by atomic mass is 10.1. The smallest absolute Gasteiger partial charge is 0.244 e. The second kappa shape index (κ2) is 10.5. The fourth-order valence-electron chi connectivity index (χ4n) is 4.48. The molecule has 174 valence electrons. The molecule has 0 spiro atoms. The molecule has 2 aromatic carbocycles. The van der Waals surface area contributed by atoms with Gasteiger partial charge in [-0.05, 0) is 80.6 Å². The van der Waals surface area contributed by atoms with Crippen LogP contribution in [0.25, 0.3) is 0 Å². The third-order valence-corrected chi connectivity index (χ3v) is 7.03. The van der Waals surface area contributed by atoms with E-state index in [4.69, 9.17) is 0 Å². The number of rotatable bonds is 9. The summed E-state index contributed by atoms with van der Waals surface area (Å²) in [7, 11) is -3.64. The summed E-state index contributed by atoms with van der Waals surface area (Å²) in [4.78, 5) is 15.6. The minimum absolute atomic E-state index is 0.290.